The topological polar surface area (TPSA) is 38.5 Å². The van der Waals surface area contributed by atoms with Crippen LogP contribution in [0.3, 0.4) is 0 Å². The van der Waals surface area contributed by atoms with E-state index in [-0.39, 0.29) is 0 Å². The van der Waals surface area contributed by atoms with Gasteiger partial charge < -0.3 is 15.4 Å². The van der Waals surface area contributed by atoms with E-state index in [1.807, 2.05) is 0 Å². The third-order valence-corrected chi connectivity index (χ3v) is 3.62. The summed E-state index contributed by atoms with van der Waals surface area (Å²) in [5.74, 6) is 0.686. The van der Waals surface area contributed by atoms with Gasteiger partial charge in [0.05, 0.1) is 6.61 Å². The Labute approximate surface area is 110 Å². The predicted molar refractivity (Wildman–Crippen MR) is 76.2 cm³/mol. The zero-order valence-corrected chi connectivity index (χ0v) is 11.3. The highest BCUT2D eigenvalue weighted by molar-refractivity contribution is 5.56. The molecule has 3 heteroatoms. The maximum Gasteiger partial charge on any atom is 0.0588 e. The Morgan fingerprint density at radius 2 is 2.17 bits per heavy atom. The van der Waals surface area contributed by atoms with Crippen LogP contribution in [0, 0.1) is 0 Å². The first-order valence-electron chi connectivity index (χ1n) is 6.94. The molecule has 0 aromatic heterocycles. The first-order chi connectivity index (χ1) is 8.83. The summed E-state index contributed by atoms with van der Waals surface area (Å²) in [7, 11) is 0. The average molecular weight is 248 g/mol. The molecular formula is C15H24N2O. The molecule has 0 aliphatic carbocycles. The van der Waals surface area contributed by atoms with Crippen LogP contribution < -0.4 is 10.6 Å². The van der Waals surface area contributed by atoms with Gasteiger partial charge in [-0.25, -0.2) is 0 Å². The van der Waals surface area contributed by atoms with Gasteiger partial charge in [-0.3, -0.25) is 0 Å². The van der Waals surface area contributed by atoms with Gasteiger partial charge in [0.15, 0.2) is 0 Å². The van der Waals surface area contributed by atoms with Gasteiger partial charge in [0.1, 0.15) is 0 Å². The summed E-state index contributed by atoms with van der Waals surface area (Å²) in [5, 5.41) is 0. The molecule has 100 valence electrons. The summed E-state index contributed by atoms with van der Waals surface area (Å²) < 4.78 is 5.43. The minimum absolute atomic E-state index is 0.615. The molecular weight excluding hydrogens is 224 g/mol. The lowest BCUT2D eigenvalue weighted by Gasteiger charge is -2.34. The minimum atomic E-state index is 0.615. The van der Waals surface area contributed by atoms with Crippen molar-refractivity contribution in [1.82, 2.24) is 0 Å². The predicted octanol–water partition coefficient (Wildman–Crippen LogP) is 2.37. The number of para-hydroxylation sites is 1. The second-order valence-corrected chi connectivity index (χ2v) is 4.99. The van der Waals surface area contributed by atoms with Crippen molar-refractivity contribution >= 4 is 5.69 Å². The molecule has 1 aliphatic rings. The van der Waals surface area contributed by atoms with Crippen molar-refractivity contribution in [1.29, 1.82) is 0 Å². The molecule has 2 rings (SSSR count). The Bertz CT molecular complexity index is 367. The van der Waals surface area contributed by atoms with Crippen molar-refractivity contribution in [3.63, 3.8) is 0 Å². The number of nitrogens with zero attached hydrogens (tertiary/aromatic N) is 1. The van der Waals surface area contributed by atoms with Gasteiger partial charge in [-0.05, 0) is 30.4 Å². The molecule has 1 atom stereocenters. The summed E-state index contributed by atoms with van der Waals surface area (Å²) in [6, 6.07) is 8.78. The number of nitrogens with two attached hydrogens (primary N) is 1. The van der Waals surface area contributed by atoms with Gasteiger partial charge in [-0.2, -0.15) is 0 Å². The molecule has 0 saturated carbocycles. The average Bonchev–Trinajstić information content (AvgIpc) is 2.41. The fourth-order valence-electron chi connectivity index (χ4n) is 2.59. The standard InChI is InChI=1S/C15H24N2O/c1-13-7-10-17(9-4-11-18-12-8-16)15-6-3-2-5-14(13)15/h2-3,5-6,13H,4,7-12,16H2,1H3. The van der Waals surface area contributed by atoms with Crippen molar-refractivity contribution in [3.05, 3.63) is 29.8 Å². The number of anilines is 1. The summed E-state index contributed by atoms with van der Waals surface area (Å²) in [6.07, 6.45) is 2.32. The van der Waals surface area contributed by atoms with Crippen LogP contribution in [-0.2, 0) is 4.74 Å². The van der Waals surface area contributed by atoms with E-state index < -0.39 is 0 Å². The number of fused-ring (bicyclic) bond motifs is 1. The molecule has 1 heterocycles. The van der Waals surface area contributed by atoms with E-state index in [2.05, 4.69) is 36.1 Å². The van der Waals surface area contributed by atoms with Crippen LogP contribution in [-0.4, -0.2) is 32.8 Å². The zero-order valence-electron chi connectivity index (χ0n) is 11.3. The lowest BCUT2D eigenvalue weighted by Crippen LogP contribution is -2.32. The fourth-order valence-corrected chi connectivity index (χ4v) is 2.59. The van der Waals surface area contributed by atoms with Crippen molar-refractivity contribution in [2.75, 3.05) is 37.7 Å². The summed E-state index contributed by atoms with van der Waals surface area (Å²) in [5.41, 5.74) is 8.30. The number of benzene rings is 1. The van der Waals surface area contributed by atoms with Crippen LogP contribution in [0.1, 0.15) is 31.2 Å². The van der Waals surface area contributed by atoms with Crippen LogP contribution in [0.5, 0.6) is 0 Å². The second-order valence-electron chi connectivity index (χ2n) is 4.99. The van der Waals surface area contributed by atoms with Crippen LogP contribution in [0.4, 0.5) is 5.69 Å². The third kappa shape index (κ3) is 3.24. The first kappa shape index (κ1) is 13.4. The monoisotopic (exact) mass is 248 g/mol. The Morgan fingerprint density at radius 3 is 3.00 bits per heavy atom. The van der Waals surface area contributed by atoms with Crippen molar-refractivity contribution < 1.29 is 4.74 Å². The lowest BCUT2D eigenvalue weighted by molar-refractivity contribution is 0.140. The van der Waals surface area contributed by atoms with Crippen LogP contribution in [0.25, 0.3) is 0 Å². The molecule has 0 fully saturated rings. The lowest BCUT2D eigenvalue weighted by atomic mass is 9.91. The van der Waals surface area contributed by atoms with E-state index in [0.29, 0.717) is 19.1 Å². The largest absolute Gasteiger partial charge is 0.380 e. The van der Waals surface area contributed by atoms with Crippen LogP contribution in [0.15, 0.2) is 24.3 Å². The van der Waals surface area contributed by atoms with Gasteiger partial charge in [-0.1, -0.05) is 25.1 Å². The highest BCUT2D eigenvalue weighted by atomic mass is 16.5. The highest BCUT2D eigenvalue weighted by Gasteiger charge is 2.20. The van der Waals surface area contributed by atoms with Gasteiger partial charge in [0.25, 0.3) is 0 Å². The maximum absolute atomic E-state index is 5.43. The highest BCUT2D eigenvalue weighted by Crippen LogP contribution is 2.34. The van der Waals surface area contributed by atoms with Gasteiger partial charge in [0.2, 0.25) is 0 Å². The Balaban J connectivity index is 1.89. The van der Waals surface area contributed by atoms with Gasteiger partial charge >= 0.3 is 0 Å². The van der Waals surface area contributed by atoms with Crippen molar-refractivity contribution in [3.8, 4) is 0 Å². The van der Waals surface area contributed by atoms with E-state index in [1.165, 1.54) is 17.7 Å². The quantitative estimate of drug-likeness (QED) is 0.785. The molecule has 0 saturated heterocycles. The number of hydrogen-bond donors (Lipinski definition) is 1. The third-order valence-electron chi connectivity index (χ3n) is 3.62. The molecule has 1 aromatic carbocycles. The van der Waals surface area contributed by atoms with E-state index in [0.717, 1.165) is 26.1 Å². The van der Waals surface area contributed by atoms with E-state index in [4.69, 9.17) is 10.5 Å². The van der Waals surface area contributed by atoms with E-state index in [9.17, 15) is 0 Å². The van der Waals surface area contributed by atoms with E-state index in [1.54, 1.807) is 0 Å². The molecule has 2 N–H and O–H groups in total. The molecule has 0 spiro atoms. The molecule has 1 aromatic rings. The number of hydrogen-bond acceptors (Lipinski definition) is 3. The van der Waals surface area contributed by atoms with Crippen LogP contribution in [0.2, 0.25) is 0 Å². The Hall–Kier alpha value is -1.06. The maximum atomic E-state index is 5.43. The smallest absolute Gasteiger partial charge is 0.0588 e. The summed E-state index contributed by atoms with van der Waals surface area (Å²) in [4.78, 5) is 2.49. The molecule has 0 radical (unpaired) electrons. The normalized spacial score (nSPS) is 18.8. The molecule has 0 bridgehead atoms. The first-order valence-corrected chi connectivity index (χ1v) is 6.94. The molecule has 1 unspecified atom stereocenters. The van der Waals surface area contributed by atoms with E-state index >= 15 is 0 Å². The number of ether oxygens (including phenoxy) is 1. The van der Waals surface area contributed by atoms with Crippen molar-refractivity contribution in [2.24, 2.45) is 5.73 Å². The minimum Gasteiger partial charge on any atom is -0.380 e. The Kier molecular flexibility index (Phi) is 5.02. The fraction of sp³-hybridized carbons (Fsp3) is 0.600. The molecule has 1 aliphatic heterocycles. The van der Waals surface area contributed by atoms with Gasteiger partial charge in [0, 0.05) is 31.9 Å². The zero-order chi connectivity index (χ0) is 12.8. The number of rotatable bonds is 6. The summed E-state index contributed by atoms with van der Waals surface area (Å²) >= 11 is 0. The second kappa shape index (κ2) is 6.76. The van der Waals surface area contributed by atoms with Crippen molar-refractivity contribution in [2.45, 2.75) is 25.7 Å². The molecule has 18 heavy (non-hydrogen) atoms. The Morgan fingerprint density at radius 1 is 1.33 bits per heavy atom. The molecule has 3 nitrogen and oxygen atoms in total. The SMILES string of the molecule is CC1CCN(CCCOCCN)c2ccccc21. The molecule has 0 amide bonds. The van der Waals surface area contributed by atoms with Crippen LogP contribution >= 0.6 is 0 Å². The summed E-state index contributed by atoms with van der Waals surface area (Å²) in [6.45, 7) is 6.66. The van der Waals surface area contributed by atoms with Gasteiger partial charge in [-0.15, -0.1) is 0 Å².